The molecule has 4 atom stereocenters. The maximum atomic E-state index is 16.0. The van der Waals surface area contributed by atoms with Gasteiger partial charge in [-0.15, -0.1) is 0 Å². The van der Waals surface area contributed by atoms with E-state index in [1.54, 1.807) is 48.5 Å². The number of hydrogen-bond acceptors (Lipinski definition) is 6. The first-order valence-corrected chi connectivity index (χ1v) is 14.7. The summed E-state index contributed by atoms with van der Waals surface area (Å²) in [5, 5.41) is 18.8. The third-order valence-corrected chi connectivity index (χ3v) is 8.54. The Bertz CT molecular complexity index is 1560. The summed E-state index contributed by atoms with van der Waals surface area (Å²) in [7, 11) is 1.46. The van der Waals surface area contributed by atoms with Gasteiger partial charge in [0.05, 0.1) is 30.5 Å². The van der Waals surface area contributed by atoms with Crippen LogP contribution >= 0.6 is 23.2 Å². The first-order valence-electron chi connectivity index (χ1n) is 13.9. The Kier molecular flexibility index (Phi) is 8.64. The van der Waals surface area contributed by atoms with Crippen molar-refractivity contribution in [2.45, 2.75) is 50.6 Å². The quantitative estimate of drug-likeness (QED) is 0.247. The summed E-state index contributed by atoms with van der Waals surface area (Å²) in [4.78, 5) is 28.5. The molecular weight excluding hydrogens is 596 g/mol. The zero-order valence-corrected chi connectivity index (χ0v) is 25.8. The Hall–Kier alpha value is -3.37. The van der Waals surface area contributed by atoms with Crippen molar-refractivity contribution in [2.75, 3.05) is 31.0 Å². The average molecular weight is 631 g/mol. The van der Waals surface area contributed by atoms with Gasteiger partial charge in [-0.25, -0.2) is 4.39 Å². The molecule has 0 radical (unpaired) electrons. The third-order valence-electron chi connectivity index (χ3n) is 8.01. The number of benzene rings is 3. The van der Waals surface area contributed by atoms with Crippen LogP contribution in [0.15, 0.2) is 54.6 Å². The molecule has 2 aliphatic rings. The number of ether oxygens (including phenoxy) is 2. The lowest BCUT2D eigenvalue weighted by molar-refractivity contribution is -0.122. The monoisotopic (exact) mass is 629 g/mol. The molecule has 1 saturated heterocycles. The standard InChI is InChI=1S/C32H34Cl2FN3O5/c1-31(2,3)16-25-32(20-10-8-17(33)14-23(20)37-30(32)41)26(19-6-5-7-21(34)27(19)35)28(38-25)29(40)36-22-11-9-18(43-13-12-39)15-24(22)42-4/h5-11,14-15,25-26,28,38-39H,12-13,16H2,1-4H3,(H,36,40)(H,37,41)/t25-,26+,28+,32?/m1/s1. The maximum absolute atomic E-state index is 16.0. The fourth-order valence-corrected chi connectivity index (χ4v) is 6.74. The number of carbonyl (C=O) groups excluding carboxylic acids is 2. The summed E-state index contributed by atoms with van der Waals surface area (Å²) in [6.45, 7) is 6.08. The Labute approximate surface area is 259 Å². The van der Waals surface area contributed by atoms with Gasteiger partial charge in [-0.1, -0.05) is 62.2 Å². The molecule has 0 saturated carbocycles. The molecule has 5 rings (SSSR count). The molecule has 11 heteroatoms. The molecule has 1 spiro atoms. The van der Waals surface area contributed by atoms with Gasteiger partial charge in [0, 0.05) is 28.7 Å². The van der Waals surface area contributed by atoms with Crippen LogP contribution in [0.5, 0.6) is 11.5 Å². The van der Waals surface area contributed by atoms with Crippen molar-refractivity contribution in [2.24, 2.45) is 5.41 Å². The number of carbonyl (C=O) groups is 2. The van der Waals surface area contributed by atoms with E-state index in [0.717, 1.165) is 0 Å². The van der Waals surface area contributed by atoms with Crippen LogP contribution in [-0.2, 0) is 15.0 Å². The highest BCUT2D eigenvalue weighted by atomic mass is 35.5. The van der Waals surface area contributed by atoms with Crippen molar-refractivity contribution in [3.63, 3.8) is 0 Å². The largest absolute Gasteiger partial charge is 0.494 e. The normalized spacial score (nSPS) is 22.8. The Morgan fingerprint density at radius 2 is 1.91 bits per heavy atom. The zero-order chi connectivity index (χ0) is 31.1. The molecule has 1 fully saturated rings. The van der Waals surface area contributed by atoms with Crippen molar-refractivity contribution >= 4 is 46.4 Å². The number of aliphatic hydroxyl groups excluding tert-OH is 1. The summed E-state index contributed by atoms with van der Waals surface area (Å²) in [6.07, 6.45) is 0.491. The second kappa shape index (κ2) is 12.0. The summed E-state index contributed by atoms with van der Waals surface area (Å²) in [5.74, 6) is -1.75. The van der Waals surface area contributed by atoms with Gasteiger partial charge in [0.15, 0.2) is 0 Å². The van der Waals surface area contributed by atoms with E-state index in [0.29, 0.717) is 39.9 Å². The van der Waals surface area contributed by atoms with Crippen molar-refractivity contribution < 1.29 is 28.6 Å². The number of methoxy groups -OCH3 is 1. The van der Waals surface area contributed by atoms with Gasteiger partial charge >= 0.3 is 0 Å². The Balaban J connectivity index is 1.66. The lowest BCUT2D eigenvalue weighted by Crippen LogP contribution is -2.49. The van der Waals surface area contributed by atoms with E-state index in [-0.39, 0.29) is 35.1 Å². The predicted molar refractivity (Wildman–Crippen MR) is 165 cm³/mol. The number of fused-ring (bicyclic) bond motifs is 2. The summed E-state index contributed by atoms with van der Waals surface area (Å²) >= 11 is 12.6. The summed E-state index contributed by atoms with van der Waals surface area (Å²) in [5.41, 5.74) is 0.0169. The first kappa shape index (κ1) is 31.1. The minimum absolute atomic E-state index is 0.0970. The molecule has 3 aromatic rings. The van der Waals surface area contributed by atoms with Crippen LogP contribution in [0.2, 0.25) is 10.0 Å². The molecular formula is C32H34Cl2FN3O5. The van der Waals surface area contributed by atoms with Crippen molar-refractivity contribution in [1.29, 1.82) is 0 Å². The van der Waals surface area contributed by atoms with E-state index in [1.165, 1.54) is 13.2 Å². The Morgan fingerprint density at radius 1 is 1.14 bits per heavy atom. The summed E-state index contributed by atoms with van der Waals surface area (Å²) in [6, 6.07) is 13.0. The van der Waals surface area contributed by atoms with Gasteiger partial charge < -0.3 is 30.5 Å². The molecule has 228 valence electrons. The van der Waals surface area contributed by atoms with Crippen molar-refractivity contribution in [3.05, 3.63) is 81.6 Å². The van der Waals surface area contributed by atoms with Crippen LogP contribution in [-0.4, -0.2) is 49.3 Å². The van der Waals surface area contributed by atoms with E-state index in [2.05, 4.69) is 16.0 Å². The molecule has 0 bridgehead atoms. The zero-order valence-electron chi connectivity index (χ0n) is 24.3. The topological polar surface area (TPSA) is 109 Å². The molecule has 8 nitrogen and oxygen atoms in total. The molecule has 0 aliphatic carbocycles. The number of nitrogens with one attached hydrogen (secondary N) is 3. The van der Waals surface area contributed by atoms with Gasteiger partial charge in [-0.05, 0) is 53.3 Å². The molecule has 2 aliphatic heterocycles. The third kappa shape index (κ3) is 5.67. The molecule has 3 aromatic carbocycles. The number of amides is 2. The number of anilines is 2. The van der Waals surface area contributed by atoms with Crippen LogP contribution in [0.25, 0.3) is 0 Å². The van der Waals surface area contributed by atoms with Gasteiger partial charge in [-0.2, -0.15) is 0 Å². The minimum Gasteiger partial charge on any atom is -0.494 e. The highest BCUT2D eigenvalue weighted by molar-refractivity contribution is 6.31. The van der Waals surface area contributed by atoms with E-state index >= 15 is 4.39 Å². The van der Waals surface area contributed by atoms with Gasteiger partial charge in [0.25, 0.3) is 0 Å². The number of rotatable bonds is 8. The maximum Gasteiger partial charge on any atom is 0.242 e. The lowest BCUT2D eigenvalue weighted by Gasteiger charge is -2.37. The molecule has 0 aromatic heterocycles. The molecule has 2 heterocycles. The van der Waals surface area contributed by atoms with Gasteiger partial charge in [0.2, 0.25) is 11.8 Å². The van der Waals surface area contributed by atoms with Gasteiger partial charge in [-0.3, -0.25) is 9.59 Å². The van der Waals surface area contributed by atoms with Crippen molar-refractivity contribution in [3.8, 4) is 11.5 Å². The SMILES string of the molecule is COc1cc(OCCO)ccc1NC(=O)[C@H]1N[C@H](CC(C)(C)C)C2(C(=O)Nc3cc(Cl)ccc32)[C@H]1c1cccc(Cl)c1F. The fraction of sp³-hybridized carbons (Fsp3) is 0.375. The molecule has 2 amide bonds. The number of halogens is 3. The number of aliphatic hydroxyl groups is 1. The van der Waals surface area contributed by atoms with E-state index in [4.69, 9.17) is 37.8 Å². The second-order valence-electron chi connectivity index (χ2n) is 12.0. The first-order chi connectivity index (χ1) is 20.4. The van der Waals surface area contributed by atoms with E-state index in [1.807, 2.05) is 20.8 Å². The fourth-order valence-electron chi connectivity index (χ4n) is 6.39. The predicted octanol–water partition coefficient (Wildman–Crippen LogP) is 5.90. The van der Waals surface area contributed by atoms with E-state index < -0.39 is 35.1 Å². The number of hydrogen-bond donors (Lipinski definition) is 4. The van der Waals surface area contributed by atoms with Crippen LogP contribution in [0.1, 0.15) is 44.2 Å². The second-order valence-corrected chi connectivity index (χ2v) is 12.9. The van der Waals surface area contributed by atoms with Crippen LogP contribution < -0.4 is 25.4 Å². The van der Waals surface area contributed by atoms with Crippen LogP contribution in [0.4, 0.5) is 15.8 Å². The average Bonchev–Trinajstić information content (AvgIpc) is 3.42. The molecule has 1 unspecified atom stereocenters. The van der Waals surface area contributed by atoms with Crippen LogP contribution in [0, 0.1) is 11.2 Å². The molecule has 4 N–H and O–H groups in total. The Morgan fingerprint density at radius 3 is 2.60 bits per heavy atom. The smallest absolute Gasteiger partial charge is 0.242 e. The minimum atomic E-state index is -1.37. The van der Waals surface area contributed by atoms with E-state index in [9.17, 15) is 9.59 Å². The van der Waals surface area contributed by atoms with Gasteiger partial charge in [0.1, 0.15) is 29.3 Å². The highest BCUT2D eigenvalue weighted by Gasteiger charge is 2.66. The van der Waals surface area contributed by atoms with Crippen LogP contribution in [0.3, 0.4) is 0 Å². The lowest BCUT2D eigenvalue weighted by atomic mass is 9.62. The molecule has 43 heavy (non-hydrogen) atoms. The van der Waals surface area contributed by atoms with Crippen molar-refractivity contribution in [1.82, 2.24) is 5.32 Å². The summed E-state index contributed by atoms with van der Waals surface area (Å²) < 4.78 is 26.9. The highest BCUT2D eigenvalue weighted by Crippen LogP contribution is 2.57.